The number of carbonyl (C=O) groups is 1. The van der Waals surface area contributed by atoms with Crippen molar-refractivity contribution >= 4 is 17.3 Å². The molecule has 2 aliphatic rings. The van der Waals surface area contributed by atoms with Gasteiger partial charge in [-0.1, -0.05) is 39.8 Å². The van der Waals surface area contributed by atoms with E-state index in [-0.39, 0.29) is 17.2 Å². The second-order valence-corrected chi connectivity index (χ2v) is 11.9. The van der Waals surface area contributed by atoms with Crippen molar-refractivity contribution in [1.29, 1.82) is 5.26 Å². The Bertz CT molecular complexity index is 1100. The van der Waals surface area contributed by atoms with E-state index in [4.69, 9.17) is 5.26 Å². The van der Waals surface area contributed by atoms with Crippen molar-refractivity contribution in [3.8, 4) is 6.07 Å². The summed E-state index contributed by atoms with van der Waals surface area (Å²) in [5, 5.41) is 12.7. The minimum absolute atomic E-state index is 0.0169. The van der Waals surface area contributed by atoms with Gasteiger partial charge in [0.2, 0.25) is 5.91 Å². The molecule has 4 rings (SSSR count). The highest BCUT2D eigenvalue weighted by atomic mass is 16.2. The summed E-state index contributed by atoms with van der Waals surface area (Å²) in [6, 6.07) is 17.5. The summed E-state index contributed by atoms with van der Waals surface area (Å²) in [5.74, 6) is 0.302. The minimum atomic E-state index is 0.0169. The summed E-state index contributed by atoms with van der Waals surface area (Å²) in [6.07, 6.45) is 1.90. The number of rotatable bonds is 6. The average molecular weight is 502 g/mol. The maximum atomic E-state index is 13.2. The highest BCUT2D eigenvalue weighted by Gasteiger charge is 2.28. The predicted octanol–water partition coefficient (Wildman–Crippen LogP) is 5.03. The van der Waals surface area contributed by atoms with E-state index in [9.17, 15) is 4.79 Å². The second kappa shape index (κ2) is 11.6. The summed E-state index contributed by atoms with van der Waals surface area (Å²) in [4.78, 5) is 20.2. The first kappa shape index (κ1) is 27.0. The average Bonchev–Trinajstić information content (AvgIpc) is 2.89. The van der Waals surface area contributed by atoms with Crippen molar-refractivity contribution in [2.24, 2.45) is 5.92 Å². The molecule has 0 bridgehead atoms. The molecule has 6 heteroatoms. The summed E-state index contributed by atoms with van der Waals surface area (Å²) in [6.45, 7) is 17.2. The first-order valence-electron chi connectivity index (χ1n) is 13.8. The number of nitriles is 1. The third-order valence-corrected chi connectivity index (χ3v) is 7.95. The number of piperazine rings is 1. The van der Waals surface area contributed by atoms with Crippen LogP contribution in [0.25, 0.3) is 0 Å². The molecule has 0 radical (unpaired) electrons. The van der Waals surface area contributed by atoms with Crippen LogP contribution in [0.3, 0.4) is 0 Å². The van der Waals surface area contributed by atoms with Gasteiger partial charge in [0.25, 0.3) is 0 Å². The standard InChI is InChI=1S/C31H43N5O/c1-23-20-28(9-6-25(23)21-32)33-27-12-14-36(15-13-27)30(37)24(2)22-34-16-18-35(19-17-34)29-10-7-26(8-11-29)31(3,4)5/h6-11,20,24,27,33H,12-19,22H2,1-5H3. The maximum Gasteiger partial charge on any atom is 0.226 e. The molecular weight excluding hydrogens is 458 g/mol. The topological polar surface area (TPSA) is 62.6 Å². The van der Waals surface area contributed by atoms with Gasteiger partial charge in [-0.05, 0) is 66.6 Å². The van der Waals surface area contributed by atoms with Crippen LogP contribution < -0.4 is 10.2 Å². The molecule has 0 saturated carbocycles. The monoisotopic (exact) mass is 501 g/mol. The Morgan fingerprint density at radius 1 is 1.03 bits per heavy atom. The van der Waals surface area contributed by atoms with Crippen LogP contribution in [0.5, 0.6) is 0 Å². The van der Waals surface area contributed by atoms with Crippen molar-refractivity contribution in [1.82, 2.24) is 9.80 Å². The predicted molar refractivity (Wildman–Crippen MR) is 152 cm³/mol. The molecular formula is C31H43N5O. The molecule has 2 fully saturated rings. The Morgan fingerprint density at radius 3 is 2.24 bits per heavy atom. The molecule has 2 aliphatic heterocycles. The number of aryl methyl sites for hydroxylation is 1. The molecule has 0 spiro atoms. The third kappa shape index (κ3) is 6.84. The summed E-state index contributed by atoms with van der Waals surface area (Å²) >= 11 is 0. The number of nitrogens with zero attached hydrogens (tertiary/aromatic N) is 4. The van der Waals surface area contributed by atoms with Crippen molar-refractivity contribution < 1.29 is 4.79 Å². The molecule has 1 amide bonds. The number of hydrogen-bond acceptors (Lipinski definition) is 5. The van der Waals surface area contributed by atoms with Gasteiger partial charge in [0, 0.05) is 69.1 Å². The van der Waals surface area contributed by atoms with Crippen molar-refractivity contribution in [3.63, 3.8) is 0 Å². The van der Waals surface area contributed by atoms with Crippen molar-refractivity contribution in [2.45, 2.75) is 58.9 Å². The second-order valence-electron chi connectivity index (χ2n) is 11.9. The fourth-order valence-corrected chi connectivity index (χ4v) is 5.50. The highest BCUT2D eigenvalue weighted by molar-refractivity contribution is 5.78. The van der Waals surface area contributed by atoms with Gasteiger partial charge in [-0.3, -0.25) is 9.69 Å². The van der Waals surface area contributed by atoms with E-state index in [1.165, 1.54) is 11.3 Å². The SMILES string of the molecule is Cc1cc(NC2CCN(C(=O)C(C)CN3CCN(c4ccc(C(C)(C)C)cc4)CC3)CC2)ccc1C#N. The highest BCUT2D eigenvalue weighted by Crippen LogP contribution is 2.26. The number of amides is 1. The van der Waals surface area contributed by atoms with Crippen LogP contribution in [0, 0.1) is 24.2 Å². The summed E-state index contributed by atoms with van der Waals surface area (Å²) in [7, 11) is 0. The van der Waals surface area contributed by atoms with Gasteiger partial charge < -0.3 is 15.1 Å². The molecule has 1 atom stereocenters. The Morgan fingerprint density at radius 2 is 1.68 bits per heavy atom. The van der Waals surface area contributed by atoms with Gasteiger partial charge in [-0.2, -0.15) is 5.26 Å². The number of benzene rings is 2. The molecule has 2 heterocycles. The molecule has 6 nitrogen and oxygen atoms in total. The lowest BCUT2D eigenvalue weighted by Gasteiger charge is -2.38. The van der Waals surface area contributed by atoms with Gasteiger partial charge >= 0.3 is 0 Å². The molecule has 1 N–H and O–H groups in total. The van der Waals surface area contributed by atoms with Gasteiger partial charge in [-0.15, -0.1) is 0 Å². The molecule has 198 valence electrons. The molecule has 0 aromatic heterocycles. The quantitative estimate of drug-likeness (QED) is 0.602. The number of carbonyl (C=O) groups excluding carboxylic acids is 1. The van der Waals surface area contributed by atoms with E-state index >= 15 is 0 Å². The fraction of sp³-hybridized carbons (Fsp3) is 0.548. The maximum absolute atomic E-state index is 13.2. The third-order valence-electron chi connectivity index (χ3n) is 7.95. The lowest BCUT2D eigenvalue weighted by molar-refractivity contribution is -0.136. The Hall–Kier alpha value is -3.04. The molecule has 0 aliphatic carbocycles. The first-order valence-corrected chi connectivity index (χ1v) is 13.8. The van der Waals surface area contributed by atoms with Gasteiger partial charge in [0.1, 0.15) is 0 Å². The van der Waals surface area contributed by atoms with Gasteiger partial charge in [0.05, 0.1) is 11.6 Å². The largest absolute Gasteiger partial charge is 0.382 e. The number of hydrogen-bond donors (Lipinski definition) is 1. The Labute approximate surface area is 223 Å². The molecule has 2 aromatic rings. The van der Waals surface area contributed by atoms with E-state index in [2.05, 4.69) is 78.0 Å². The van der Waals surface area contributed by atoms with E-state index in [0.29, 0.717) is 6.04 Å². The van der Waals surface area contributed by atoms with Crippen LogP contribution in [-0.4, -0.2) is 67.6 Å². The Kier molecular flexibility index (Phi) is 8.44. The van der Waals surface area contributed by atoms with Crippen molar-refractivity contribution in [2.75, 3.05) is 56.0 Å². The van der Waals surface area contributed by atoms with E-state index in [0.717, 1.165) is 75.5 Å². The normalized spacial score (nSPS) is 18.4. The zero-order valence-corrected chi connectivity index (χ0v) is 23.3. The molecule has 2 saturated heterocycles. The number of piperidine rings is 1. The van der Waals surface area contributed by atoms with Crippen LogP contribution in [0.1, 0.15) is 57.2 Å². The van der Waals surface area contributed by atoms with E-state index < -0.39 is 0 Å². The summed E-state index contributed by atoms with van der Waals surface area (Å²) in [5.41, 5.74) is 5.61. The minimum Gasteiger partial charge on any atom is -0.382 e. The zero-order valence-electron chi connectivity index (χ0n) is 23.3. The molecule has 37 heavy (non-hydrogen) atoms. The van der Waals surface area contributed by atoms with Crippen LogP contribution in [-0.2, 0) is 10.2 Å². The number of nitrogens with one attached hydrogen (secondary N) is 1. The van der Waals surface area contributed by atoms with Gasteiger partial charge in [0.15, 0.2) is 0 Å². The lowest BCUT2D eigenvalue weighted by atomic mass is 9.87. The smallest absolute Gasteiger partial charge is 0.226 e. The number of likely N-dealkylation sites (tertiary alicyclic amines) is 1. The van der Waals surface area contributed by atoms with Crippen LogP contribution in [0.4, 0.5) is 11.4 Å². The van der Waals surface area contributed by atoms with Crippen molar-refractivity contribution in [3.05, 3.63) is 59.2 Å². The van der Waals surface area contributed by atoms with Crippen LogP contribution in [0.2, 0.25) is 0 Å². The zero-order chi connectivity index (χ0) is 26.6. The fourth-order valence-electron chi connectivity index (χ4n) is 5.50. The number of anilines is 2. The van der Waals surface area contributed by atoms with E-state index in [1.807, 2.05) is 25.1 Å². The lowest BCUT2D eigenvalue weighted by Crippen LogP contribution is -2.50. The molecule has 1 unspecified atom stereocenters. The van der Waals surface area contributed by atoms with E-state index in [1.54, 1.807) is 0 Å². The van der Waals surface area contributed by atoms with Crippen LogP contribution in [0.15, 0.2) is 42.5 Å². The first-order chi connectivity index (χ1) is 17.6. The van der Waals surface area contributed by atoms with Gasteiger partial charge in [-0.25, -0.2) is 0 Å². The summed E-state index contributed by atoms with van der Waals surface area (Å²) < 4.78 is 0. The Balaban J connectivity index is 1.20. The van der Waals surface area contributed by atoms with Crippen LogP contribution >= 0.6 is 0 Å². The molecule has 2 aromatic carbocycles.